The summed E-state index contributed by atoms with van der Waals surface area (Å²) in [6, 6.07) is 5.13. The molecule has 2 heterocycles. The topological polar surface area (TPSA) is 104 Å². The number of imide groups is 1. The van der Waals surface area contributed by atoms with Crippen LogP contribution in [0.2, 0.25) is 0 Å². The van der Waals surface area contributed by atoms with Crippen molar-refractivity contribution in [1.82, 2.24) is 14.5 Å². The molecule has 1 atom stereocenters. The van der Waals surface area contributed by atoms with Gasteiger partial charge in [-0.25, -0.2) is 12.8 Å². The fraction of sp³-hybridized carbons (Fsp3) is 0.389. The van der Waals surface area contributed by atoms with Crippen molar-refractivity contribution in [3.8, 4) is 0 Å². The van der Waals surface area contributed by atoms with Crippen LogP contribution < -0.4 is 5.32 Å². The Balaban J connectivity index is 1.59. The van der Waals surface area contributed by atoms with Crippen LogP contribution in [0.1, 0.15) is 18.4 Å². The summed E-state index contributed by atoms with van der Waals surface area (Å²) in [5, 5.41) is 2.08. The normalized spacial score (nSPS) is 21.9. The second-order valence-corrected chi connectivity index (χ2v) is 9.61. The number of halogens is 1. The first-order chi connectivity index (χ1) is 13.7. The molecule has 2 aliphatic heterocycles. The molecule has 1 N–H and O–H groups in total. The molecule has 2 aliphatic rings. The molecule has 1 aromatic carbocycles. The Kier molecular flexibility index (Phi) is 6.39. The van der Waals surface area contributed by atoms with E-state index in [1.54, 1.807) is 6.07 Å². The Labute approximate surface area is 172 Å². The Bertz CT molecular complexity index is 979. The van der Waals surface area contributed by atoms with Gasteiger partial charge in [0.25, 0.3) is 11.1 Å². The molecule has 1 unspecified atom stereocenters. The summed E-state index contributed by atoms with van der Waals surface area (Å²) in [5.41, 5.74) is 0.202. The highest BCUT2D eigenvalue weighted by atomic mass is 32.2. The van der Waals surface area contributed by atoms with Crippen LogP contribution in [-0.2, 0) is 19.6 Å². The van der Waals surface area contributed by atoms with Gasteiger partial charge in [-0.2, -0.15) is 4.31 Å². The number of nitrogens with zero attached hydrogens (tertiary/aromatic N) is 2. The van der Waals surface area contributed by atoms with E-state index in [0.717, 1.165) is 15.5 Å². The Morgan fingerprint density at radius 2 is 2.07 bits per heavy atom. The van der Waals surface area contributed by atoms with Crippen molar-refractivity contribution in [3.05, 3.63) is 40.6 Å². The SMILES string of the molecule is CS(=O)(=O)N1CCCC1C(=O)NCCN1C(=O)S/C(=C\c2ccccc2F)C1=O. The second-order valence-electron chi connectivity index (χ2n) is 6.68. The predicted molar refractivity (Wildman–Crippen MR) is 107 cm³/mol. The molecule has 0 aliphatic carbocycles. The average molecular weight is 442 g/mol. The van der Waals surface area contributed by atoms with Gasteiger partial charge < -0.3 is 5.32 Å². The minimum Gasteiger partial charge on any atom is -0.353 e. The summed E-state index contributed by atoms with van der Waals surface area (Å²) in [6.45, 7) is 0.232. The van der Waals surface area contributed by atoms with Crippen LogP contribution in [0.5, 0.6) is 0 Å². The molecule has 29 heavy (non-hydrogen) atoms. The zero-order chi connectivity index (χ0) is 21.2. The van der Waals surface area contributed by atoms with E-state index in [1.807, 2.05) is 0 Å². The van der Waals surface area contributed by atoms with Crippen molar-refractivity contribution in [3.63, 3.8) is 0 Å². The molecule has 2 saturated heterocycles. The smallest absolute Gasteiger partial charge is 0.293 e. The van der Waals surface area contributed by atoms with E-state index in [-0.39, 0.29) is 23.6 Å². The van der Waals surface area contributed by atoms with E-state index < -0.39 is 38.9 Å². The third kappa shape index (κ3) is 4.85. The molecule has 0 saturated carbocycles. The average Bonchev–Trinajstić information content (AvgIpc) is 3.24. The van der Waals surface area contributed by atoms with Gasteiger partial charge in [-0.05, 0) is 36.7 Å². The van der Waals surface area contributed by atoms with Crippen LogP contribution >= 0.6 is 11.8 Å². The highest BCUT2D eigenvalue weighted by Crippen LogP contribution is 2.32. The Morgan fingerprint density at radius 1 is 1.34 bits per heavy atom. The number of rotatable bonds is 6. The third-order valence-electron chi connectivity index (χ3n) is 4.63. The van der Waals surface area contributed by atoms with Gasteiger partial charge in [0.05, 0.1) is 11.2 Å². The molecule has 3 rings (SSSR count). The van der Waals surface area contributed by atoms with Crippen molar-refractivity contribution >= 4 is 44.9 Å². The highest BCUT2D eigenvalue weighted by Gasteiger charge is 2.37. The fourth-order valence-corrected chi connectivity index (χ4v) is 5.21. The predicted octanol–water partition coefficient (Wildman–Crippen LogP) is 1.40. The molecule has 3 amide bonds. The molecule has 0 bridgehead atoms. The van der Waals surface area contributed by atoms with Gasteiger partial charge in [-0.3, -0.25) is 19.3 Å². The lowest BCUT2D eigenvalue weighted by atomic mass is 10.2. The first kappa shape index (κ1) is 21.5. The van der Waals surface area contributed by atoms with Crippen molar-refractivity contribution in [1.29, 1.82) is 0 Å². The van der Waals surface area contributed by atoms with Crippen molar-refractivity contribution in [2.75, 3.05) is 25.9 Å². The number of sulfonamides is 1. The summed E-state index contributed by atoms with van der Waals surface area (Å²) in [6.07, 6.45) is 3.39. The van der Waals surface area contributed by atoms with E-state index in [0.29, 0.717) is 31.1 Å². The van der Waals surface area contributed by atoms with Crippen molar-refractivity contribution in [2.24, 2.45) is 0 Å². The maximum absolute atomic E-state index is 13.8. The molecule has 156 valence electrons. The van der Waals surface area contributed by atoms with Crippen molar-refractivity contribution in [2.45, 2.75) is 18.9 Å². The largest absolute Gasteiger partial charge is 0.353 e. The van der Waals surface area contributed by atoms with Gasteiger partial charge in [0.1, 0.15) is 11.9 Å². The number of carbonyl (C=O) groups is 3. The van der Waals surface area contributed by atoms with Crippen LogP contribution in [0.15, 0.2) is 29.2 Å². The molecule has 0 spiro atoms. The number of hydrogen-bond donors (Lipinski definition) is 1. The number of amides is 3. The van der Waals surface area contributed by atoms with Gasteiger partial charge in [0.2, 0.25) is 15.9 Å². The summed E-state index contributed by atoms with van der Waals surface area (Å²) >= 11 is 0.705. The third-order valence-corrected chi connectivity index (χ3v) is 6.83. The molecule has 11 heteroatoms. The van der Waals surface area contributed by atoms with Crippen LogP contribution in [-0.4, -0.2) is 66.6 Å². The first-order valence-electron chi connectivity index (χ1n) is 8.93. The standard InChI is InChI=1S/C18H20FN3O5S2/c1-29(26,27)22-9-4-7-14(22)16(23)20-8-10-21-17(24)15(28-18(21)25)11-12-5-2-3-6-13(12)19/h2-3,5-6,11,14H,4,7-10H2,1H3,(H,20,23)/b15-11-. The zero-order valence-electron chi connectivity index (χ0n) is 15.6. The molecule has 2 fully saturated rings. The van der Waals surface area contributed by atoms with E-state index >= 15 is 0 Å². The fourth-order valence-electron chi connectivity index (χ4n) is 3.23. The van der Waals surface area contributed by atoms with Crippen LogP contribution in [0, 0.1) is 5.82 Å². The second kappa shape index (κ2) is 8.64. The van der Waals surface area contributed by atoms with Gasteiger partial charge >= 0.3 is 0 Å². The monoisotopic (exact) mass is 441 g/mol. The van der Waals surface area contributed by atoms with E-state index in [9.17, 15) is 27.2 Å². The minimum absolute atomic E-state index is 0.00203. The lowest BCUT2D eigenvalue weighted by molar-refractivity contribution is -0.125. The summed E-state index contributed by atoms with van der Waals surface area (Å²) in [4.78, 5) is 38.0. The maximum atomic E-state index is 13.8. The Hall–Kier alpha value is -2.24. The summed E-state index contributed by atoms with van der Waals surface area (Å²) in [7, 11) is -3.48. The van der Waals surface area contributed by atoms with Gasteiger partial charge in [-0.15, -0.1) is 0 Å². The number of thioether (sulfide) groups is 1. The van der Waals surface area contributed by atoms with E-state index in [1.165, 1.54) is 24.3 Å². The zero-order valence-corrected chi connectivity index (χ0v) is 17.3. The van der Waals surface area contributed by atoms with Gasteiger partial charge in [-0.1, -0.05) is 18.2 Å². The van der Waals surface area contributed by atoms with E-state index in [2.05, 4.69) is 5.32 Å². The molecular weight excluding hydrogens is 421 g/mol. The number of carbonyl (C=O) groups excluding carboxylic acids is 3. The highest BCUT2D eigenvalue weighted by molar-refractivity contribution is 8.18. The quantitative estimate of drug-likeness (QED) is 0.670. The summed E-state index contributed by atoms with van der Waals surface area (Å²) < 4.78 is 38.4. The maximum Gasteiger partial charge on any atom is 0.293 e. The minimum atomic E-state index is -3.48. The first-order valence-corrected chi connectivity index (χ1v) is 11.6. The number of nitrogens with one attached hydrogen (secondary N) is 1. The Morgan fingerprint density at radius 3 is 2.76 bits per heavy atom. The number of benzene rings is 1. The molecule has 1 aromatic rings. The lowest BCUT2D eigenvalue weighted by Crippen LogP contribution is -2.47. The van der Waals surface area contributed by atoms with Gasteiger partial charge in [0.15, 0.2) is 0 Å². The summed E-state index contributed by atoms with van der Waals surface area (Å²) in [5.74, 6) is -1.52. The molecule has 8 nitrogen and oxygen atoms in total. The van der Waals surface area contributed by atoms with E-state index in [4.69, 9.17) is 0 Å². The molecule has 0 aromatic heterocycles. The molecule has 0 radical (unpaired) electrons. The van der Waals surface area contributed by atoms with Crippen LogP contribution in [0.25, 0.3) is 6.08 Å². The molecular formula is C18H20FN3O5S2. The lowest BCUT2D eigenvalue weighted by Gasteiger charge is -2.21. The van der Waals surface area contributed by atoms with Gasteiger partial charge in [0, 0.05) is 25.2 Å². The van der Waals surface area contributed by atoms with Crippen molar-refractivity contribution < 1.29 is 27.2 Å². The number of hydrogen-bond acceptors (Lipinski definition) is 6. The van der Waals surface area contributed by atoms with Crippen LogP contribution in [0.4, 0.5) is 9.18 Å². The van der Waals surface area contributed by atoms with Crippen LogP contribution in [0.3, 0.4) is 0 Å².